The van der Waals surface area contributed by atoms with Crippen LogP contribution in [0.15, 0.2) is 18.2 Å². The second-order valence-electron chi connectivity index (χ2n) is 6.80. The fourth-order valence-electron chi connectivity index (χ4n) is 3.12. The van der Waals surface area contributed by atoms with Gasteiger partial charge in [-0.1, -0.05) is 12.1 Å². The first-order chi connectivity index (χ1) is 11.1. The van der Waals surface area contributed by atoms with Crippen molar-refractivity contribution in [1.29, 1.82) is 0 Å². The van der Waals surface area contributed by atoms with Crippen molar-refractivity contribution in [3.8, 4) is 5.75 Å². The fourth-order valence-corrected chi connectivity index (χ4v) is 3.12. The van der Waals surface area contributed by atoms with Crippen LogP contribution in [0, 0.1) is 19.8 Å². The summed E-state index contributed by atoms with van der Waals surface area (Å²) in [6.45, 7) is 7.08. The van der Waals surface area contributed by atoms with Crippen LogP contribution in [-0.4, -0.2) is 43.2 Å². The van der Waals surface area contributed by atoms with Crippen LogP contribution >= 0.6 is 0 Å². The van der Waals surface area contributed by atoms with Gasteiger partial charge in [0, 0.05) is 25.1 Å². The predicted molar refractivity (Wildman–Crippen MR) is 89.7 cm³/mol. The first kappa shape index (κ1) is 16.3. The molecule has 1 aliphatic carbocycles. The Morgan fingerprint density at radius 1 is 1.30 bits per heavy atom. The number of ether oxygens (including phenoxy) is 2. The van der Waals surface area contributed by atoms with Crippen molar-refractivity contribution in [2.24, 2.45) is 5.92 Å². The molecule has 0 radical (unpaired) electrons. The summed E-state index contributed by atoms with van der Waals surface area (Å²) >= 11 is 0. The molecule has 4 heteroatoms. The van der Waals surface area contributed by atoms with Crippen LogP contribution in [0.4, 0.5) is 0 Å². The van der Waals surface area contributed by atoms with E-state index in [1.165, 1.54) is 5.56 Å². The van der Waals surface area contributed by atoms with Crippen LogP contribution in [-0.2, 0) is 9.53 Å². The maximum Gasteiger partial charge on any atom is 0.226 e. The molecule has 1 aliphatic heterocycles. The van der Waals surface area contributed by atoms with E-state index in [-0.39, 0.29) is 5.91 Å². The van der Waals surface area contributed by atoms with Crippen LogP contribution < -0.4 is 4.74 Å². The molecule has 1 aromatic carbocycles. The predicted octanol–water partition coefficient (Wildman–Crippen LogP) is 3.10. The lowest BCUT2D eigenvalue weighted by Crippen LogP contribution is -2.38. The topological polar surface area (TPSA) is 38.8 Å². The molecule has 0 N–H and O–H groups in total. The summed E-state index contributed by atoms with van der Waals surface area (Å²) in [6.07, 6.45) is 3.83. The zero-order valence-corrected chi connectivity index (χ0v) is 14.2. The second-order valence-corrected chi connectivity index (χ2v) is 6.80. The van der Waals surface area contributed by atoms with Crippen LogP contribution in [0.5, 0.6) is 5.75 Å². The Labute approximate surface area is 138 Å². The summed E-state index contributed by atoms with van der Waals surface area (Å²) in [6, 6.07) is 6.51. The number of aryl methyl sites for hydroxylation is 1. The van der Waals surface area contributed by atoms with Gasteiger partial charge in [-0.3, -0.25) is 4.79 Å². The highest BCUT2D eigenvalue weighted by molar-refractivity contribution is 5.77. The maximum atomic E-state index is 12.6. The van der Waals surface area contributed by atoms with E-state index in [9.17, 15) is 4.79 Å². The molecule has 23 heavy (non-hydrogen) atoms. The molecule has 2 aliphatic rings. The molecule has 1 heterocycles. The number of nitrogens with zero attached hydrogens (tertiary/aromatic N) is 1. The van der Waals surface area contributed by atoms with Crippen molar-refractivity contribution in [3.05, 3.63) is 29.3 Å². The summed E-state index contributed by atoms with van der Waals surface area (Å²) in [5.41, 5.74) is 2.37. The number of hydrogen-bond donors (Lipinski definition) is 0. The summed E-state index contributed by atoms with van der Waals surface area (Å²) < 4.78 is 11.3. The van der Waals surface area contributed by atoms with E-state index in [2.05, 4.69) is 24.8 Å². The molecular formula is C19H27NO3. The van der Waals surface area contributed by atoms with Crippen molar-refractivity contribution in [1.82, 2.24) is 4.90 Å². The zero-order chi connectivity index (χ0) is 16.2. The van der Waals surface area contributed by atoms with Crippen molar-refractivity contribution in [2.75, 3.05) is 26.4 Å². The minimum atomic E-state index is 0.227. The van der Waals surface area contributed by atoms with Crippen molar-refractivity contribution >= 4 is 5.91 Å². The molecule has 1 atom stereocenters. The average molecular weight is 317 g/mol. The first-order valence-electron chi connectivity index (χ1n) is 8.71. The molecule has 3 rings (SSSR count). The Morgan fingerprint density at radius 3 is 2.83 bits per heavy atom. The number of carbonyl (C=O) groups is 1. The summed E-state index contributed by atoms with van der Waals surface area (Å²) in [4.78, 5) is 14.6. The fraction of sp³-hybridized carbons (Fsp3) is 0.632. The highest BCUT2D eigenvalue weighted by atomic mass is 16.5. The number of carbonyl (C=O) groups excluding carboxylic acids is 1. The number of benzene rings is 1. The third-order valence-electron chi connectivity index (χ3n) is 4.92. The van der Waals surface area contributed by atoms with Gasteiger partial charge in [-0.15, -0.1) is 0 Å². The molecule has 0 aromatic heterocycles. The average Bonchev–Trinajstić information content (AvgIpc) is 3.25. The van der Waals surface area contributed by atoms with Gasteiger partial charge in [0.05, 0.1) is 19.6 Å². The van der Waals surface area contributed by atoms with Crippen molar-refractivity contribution in [2.45, 2.75) is 45.6 Å². The summed E-state index contributed by atoms with van der Waals surface area (Å²) in [5.74, 6) is 1.63. The van der Waals surface area contributed by atoms with Gasteiger partial charge in [-0.25, -0.2) is 0 Å². The molecule has 4 nitrogen and oxygen atoms in total. The Bertz CT molecular complexity index is 548. The molecular weight excluding hydrogens is 290 g/mol. The lowest BCUT2D eigenvalue weighted by molar-refractivity contribution is -0.133. The van der Waals surface area contributed by atoms with E-state index >= 15 is 0 Å². The second kappa shape index (κ2) is 7.35. The van der Waals surface area contributed by atoms with E-state index in [1.54, 1.807) is 0 Å². The molecule has 1 saturated heterocycles. The smallest absolute Gasteiger partial charge is 0.226 e. The van der Waals surface area contributed by atoms with E-state index in [1.807, 2.05) is 12.1 Å². The third-order valence-corrected chi connectivity index (χ3v) is 4.92. The van der Waals surface area contributed by atoms with Crippen LogP contribution in [0.1, 0.15) is 36.8 Å². The Morgan fingerprint density at radius 2 is 2.13 bits per heavy atom. The quantitative estimate of drug-likeness (QED) is 0.775. The van der Waals surface area contributed by atoms with Gasteiger partial charge in [0.15, 0.2) is 0 Å². The summed E-state index contributed by atoms with van der Waals surface area (Å²) in [5, 5.41) is 0. The zero-order valence-electron chi connectivity index (χ0n) is 14.2. The van der Waals surface area contributed by atoms with Crippen LogP contribution in [0.2, 0.25) is 0 Å². The molecule has 126 valence electrons. The van der Waals surface area contributed by atoms with Gasteiger partial charge in [0.25, 0.3) is 0 Å². The van der Waals surface area contributed by atoms with Crippen LogP contribution in [0.25, 0.3) is 0 Å². The van der Waals surface area contributed by atoms with Gasteiger partial charge in [-0.2, -0.15) is 0 Å². The van der Waals surface area contributed by atoms with Crippen LogP contribution in [0.3, 0.4) is 0 Å². The first-order valence-corrected chi connectivity index (χ1v) is 8.71. The van der Waals surface area contributed by atoms with Gasteiger partial charge in [0.1, 0.15) is 5.75 Å². The molecule has 0 bridgehead atoms. The monoisotopic (exact) mass is 317 g/mol. The normalized spacial score (nSPS) is 20.5. The number of amides is 1. The van der Waals surface area contributed by atoms with Crippen molar-refractivity contribution in [3.63, 3.8) is 0 Å². The largest absolute Gasteiger partial charge is 0.493 e. The Hall–Kier alpha value is -1.55. The van der Waals surface area contributed by atoms with Gasteiger partial charge in [-0.05, 0) is 50.3 Å². The van der Waals surface area contributed by atoms with Crippen molar-refractivity contribution < 1.29 is 14.3 Å². The Kier molecular flexibility index (Phi) is 5.21. The standard InChI is InChI=1S/C19H27NO3/c1-14-4-3-5-18(15(14)2)23-11-9-19(21)20(17-6-7-17)12-16-8-10-22-13-16/h3-5,16-17H,6-13H2,1-2H3. The summed E-state index contributed by atoms with van der Waals surface area (Å²) in [7, 11) is 0. The minimum Gasteiger partial charge on any atom is -0.493 e. The van der Waals surface area contributed by atoms with E-state index in [4.69, 9.17) is 9.47 Å². The van der Waals surface area contributed by atoms with Gasteiger partial charge < -0.3 is 14.4 Å². The van der Waals surface area contributed by atoms with E-state index < -0.39 is 0 Å². The minimum absolute atomic E-state index is 0.227. The highest BCUT2D eigenvalue weighted by Crippen LogP contribution is 2.29. The third kappa shape index (κ3) is 4.25. The molecule has 1 saturated carbocycles. The highest BCUT2D eigenvalue weighted by Gasteiger charge is 2.34. The lowest BCUT2D eigenvalue weighted by Gasteiger charge is -2.25. The molecule has 2 fully saturated rings. The maximum absolute atomic E-state index is 12.6. The molecule has 1 aromatic rings. The SMILES string of the molecule is Cc1cccc(OCCC(=O)N(CC2CCOC2)C2CC2)c1C. The Balaban J connectivity index is 1.49. The van der Waals surface area contributed by atoms with Gasteiger partial charge in [0.2, 0.25) is 5.91 Å². The molecule has 1 unspecified atom stereocenters. The van der Waals surface area contributed by atoms with E-state index in [0.29, 0.717) is 25.0 Å². The number of rotatable bonds is 7. The lowest BCUT2D eigenvalue weighted by atomic mass is 10.1. The number of hydrogen-bond acceptors (Lipinski definition) is 3. The van der Waals surface area contributed by atoms with E-state index in [0.717, 1.165) is 50.3 Å². The molecule has 1 amide bonds. The van der Waals surface area contributed by atoms with Gasteiger partial charge >= 0.3 is 0 Å². The molecule has 0 spiro atoms.